The normalized spacial score (nSPS) is 16.1. The van der Waals surface area contributed by atoms with Crippen LogP contribution >= 0.6 is 34.8 Å². The number of nitrogens with one attached hydrogen (secondary N) is 1. The van der Waals surface area contributed by atoms with Crippen LogP contribution < -0.4 is 15.0 Å². The SMILES string of the molecule is O=C1NCc2c(-c3ccccc3Cl)cc(OCCN3CCOCC3)cc2N1c1c(Cl)cccc1Cl. The highest BCUT2D eigenvalue weighted by Crippen LogP contribution is 2.45. The van der Waals surface area contributed by atoms with E-state index in [2.05, 4.69) is 10.2 Å². The van der Waals surface area contributed by atoms with Crippen LogP contribution in [0.1, 0.15) is 5.56 Å². The Balaban J connectivity index is 1.58. The quantitative estimate of drug-likeness (QED) is 0.400. The molecule has 2 aliphatic rings. The summed E-state index contributed by atoms with van der Waals surface area (Å²) < 4.78 is 11.6. The molecule has 9 heteroatoms. The van der Waals surface area contributed by atoms with Crippen LogP contribution in [0.3, 0.4) is 0 Å². The first-order valence-corrected chi connectivity index (χ1v) is 12.5. The van der Waals surface area contributed by atoms with Gasteiger partial charge in [0.05, 0.1) is 34.6 Å². The molecule has 0 saturated carbocycles. The van der Waals surface area contributed by atoms with Gasteiger partial charge >= 0.3 is 6.03 Å². The molecule has 5 rings (SSSR count). The highest BCUT2D eigenvalue weighted by atomic mass is 35.5. The molecule has 0 aliphatic carbocycles. The van der Waals surface area contributed by atoms with Crippen LogP contribution in [0.5, 0.6) is 5.75 Å². The van der Waals surface area contributed by atoms with Crippen molar-refractivity contribution in [1.29, 1.82) is 0 Å². The van der Waals surface area contributed by atoms with Gasteiger partial charge in [-0.2, -0.15) is 0 Å². The van der Waals surface area contributed by atoms with E-state index < -0.39 is 0 Å². The zero-order valence-electron chi connectivity index (χ0n) is 18.9. The van der Waals surface area contributed by atoms with Crippen LogP contribution in [0, 0.1) is 0 Å². The van der Waals surface area contributed by atoms with Crippen LogP contribution in [0.2, 0.25) is 15.1 Å². The largest absolute Gasteiger partial charge is 0.492 e. The summed E-state index contributed by atoms with van der Waals surface area (Å²) in [5, 5.41) is 4.30. The Kier molecular flexibility index (Phi) is 7.37. The molecule has 0 aromatic heterocycles. The van der Waals surface area contributed by atoms with Crippen LogP contribution in [-0.2, 0) is 11.3 Å². The van der Waals surface area contributed by atoms with E-state index in [0.29, 0.717) is 45.3 Å². The maximum Gasteiger partial charge on any atom is 0.326 e. The maximum absolute atomic E-state index is 13.1. The molecule has 1 fully saturated rings. The number of benzene rings is 3. The van der Waals surface area contributed by atoms with Crippen molar-refractivity contribution in [2.45, 2.75) is 6.54 Å². The molecule has 0 atom stereocenters. The van der Waals surface area contributed by atoms with Gasteiger partial charge in [-0.15, -0.1) is 0 Å². The lowest BCUT2D eigenvalue weighted by molar-refractivity contribution is 0.0322. The van der Waals surface area contributed by atoms with Crippen LogP contribution in [-0.4, -0.2) is 50.4 Å². The molecule has 0 radical (unpaired) electrons. The fourth-order valence-corrected chi connectivity index (χ4v) is 5.22. The third-order valence-corrected chi connectivity index (χ3v) is 7.10. The monoisotopic (exact) mass is 531 g/mol. The molecule has 0 spiro atoms. The number of morpholine rings is 1. The first-order valence-electron chi connectivity index (χ1n) is 11.4. The fraction of sp³-hybridized carbons (Fsp3) is 0.269. The number of fused-ring (bicyclic) bond motifs is 1. The lowest BCUT2D eigenvalue weighted by Crippen LogP contribution is -2.41. The van der Waals surface area contributed by atoms with Crippen molar-refractivity contribution in [2.75, 3.05) is 44.4 Å². The van der Waals surface area contributed by atoms with Crippen LogP contribution in [0.4, 0.5) is 16.2 Å². The summed E-state index contributed by atoms with van der Waals surface area (Å²) in [6.45, 7) is 4.86. The predicted molar refractivity (Wildman–Crippen MR) is 140 cm³/mol. The van der Waals surface area contributed by atoms with E-state index in [-0.39, 0.29) is 6.03 Å². The summed E-state index contributed by atoms with van der Waals surface area (Å²) in [5.41, 5.74) is 3.70. The molecule has 3 aromatic carbocycles. The Morgan fingerprint density at radius 3 is 2.37 bits per heavy atom. The summed E-state index contributed by atoms with van der Waals surface area (Å²) in [6, 6.07) is 16.3. The lowest BCUT2D eigenvalue weighted by Gasteiger charge is -2.33. The van der Waals surface area contributed by atoms with Gasteiger partial charge in [-0.3, -0.25) is 9.80 Å². The number of para-hydroxylation sites is 1. The zero-order valence-corrected chi connectivity index (χ0v) is 21.2. The molecule has 3 aromatic rings. The number of anilines is 2. The molecule has 6 nitrogen and oxygen atoms in total. The van der Waals surface area contributed by atoms with Gasteiger partial charge in [0.1, 0.15) is 12.4 Å². The zero-order chi connectivity index (χ0) is 24.4. The van der Waals surface area contributed by atoms with Crippen molar-refractivity contribution in [3.63, 3.8) is 0 Å². The third kappa shape index (κ3) is 5.08. The van der Waals surface area contributed by atoms with Crippen molar-refractivity contribution >= 4 is 52.2 Å². The summed E-state index contributed by atoms with van der Waals surface area (Å²) in [5.74, 6) is 0.634. The van der Waals surface area contributed by atoms with E-state index in [9.17, 15) is 4.79 Å². The van der Waals surface area contributed by atoms with Gasteiger partial charge in [-0.25, -0.2) is 4.79 Å². The smallest absolute Gasteiger partial charge is 0.326 e. The number of carbonyl (C=O) groups excluding carboxylic acids is 1. The van der Waals surface area contributed by atoms with Gasteiger partial charge < -0.3 is 14.8 Å². The number of rotatable bonds is 6. The Morgan fingerprint density at radius 2 is 1.63 bits per heavy atom. The number of halogens is 3. The lowest BCUT2D eigenvalue weighted by atomic mass is 9.95. The summed E-state index contributed by atoms with van der Waals surface area (Å²) in [4.78, 5) is 16.9. The van der Waals surface area contributed by atoms with Crippen LogP contribution in [0.15, 0.2) is 54.6 Å². The number of nitrogens with zero attached hydrogens (tertiary/aromatic N) is 2. The molecule has 0 bridgehead atoms. The Labute approximate surface area is 219 Å². The molecule has 2 aliphatic heterocycles. The topological polar surface area (TPSA) is 54.0 Å². The number of hydrogen-bond acceptors (Lipinski definition) is 4. The minimum absolute atomic E-state index is 0.317. The van der Waals surface area contributed by atoms with Gasteiger partial charge in [0.2, 0.25) is 0 Å². The van der Waals surface area contributed by atoms with Gasteiger partial charge in [-0.05, 0) is 29.8 Å². The molecular weight excluding hydrogens is 509 g/mol. The van der Waals surface area contributed by atoms with E-state index in [1.807, 2.05) is 36.4 Å². The summed E-state index contributed by atoms with van der Waals surface area (Å²) in [7, 11) is 0. The molecular formula is C26H24Cl3N3O3. The minimum Gasteiger partial charge on any atom is -0.492 e. The van der Waals surface area contributed by atoms with Gasteiger partial charge in [-0.1, -0.05) is 59.1 Å². The van der Waals surface area contributed by atoms with Gasteiger partial charge in [0, 0.05) is 48.4 Å². The third-order valence-electron chi connectivity index (χ3n) is 6.17. The van der Waals surface area contributed by atoms with Gasteiger partial charge in [0.15, 0.2) is 0 Å². The van der Waals surface area contributed by atoms with E-state index in [4.69, 9.17) is 44.3 Å². The molecule has 2 heterocycles. The number of ether oxygens (including phenoxy) is 2. The number of hydrogen-bond donors (Lipinski definition) is 1. The second-order valence-corrected chi connectivity index (χ2v) is 9.54. The van der Waals surface area contributed by atoms with Crippen molar-refractivity contribution < 1.29 is 14.3 Å². The number of amides is 2. The minimum atomic E-state index is -0.317. The number of urea groups is 1. The second-order valence-electron chi connectivity index (χ2n) is 8.32. The van der Waals surface area contributed by atoms with Crippen LogP contribution in [0.25, 0.3) is 11.1 Å². The highest BCUT2D eigenvalue weighted by Gasteiger charge is 2.31. The second kappa shape index (κ2) is 10.6. The van der Waals surface area contributed by atoms with E-state index >= 15 is 0 Å². The predicted octanol–water partition coefficient (Wildman–Crippen LogP) is 6.39. The van der Waals surface area contributed by atoms with Crippen molar-refractivity contribution in [3.05, 3.63) is 75.2 Å². The maximum atomic E-state index is 13.1. The van der Waals surface area contributed by atoms with Crippen molar-refractivity contribution in [2.24, 2.45) is 0 Å². The molecule has 2 amide bonds. The average Bonchev–Trinajstić information content (AvgIpc) is 2.86. The summed E-state index contributed by atoms with van der Waals surface area (Å²) in [6.07, 6.45) is 0. The molecule has 0 unspecified atom stereocenters. The molecule has 1 saturated heterocycles. The summed E-state index contributed by atoms with van der Waals surface area (Å²) >= 11 is 19.6. The van der Waals surface area contributed by atoms with E-state index in [1.54, 1.807) is 18.2 Å². The fourth-order valence-electron chi connectivity index (χ4n) is 4.41. The first kappa shape index (κ1) is 24.2. The highest BCUT2D eigenvalue weighted by molar-refractivity contribution is 6.40. The van der Waals surface area contributed by atoms with Gasteiger partial charge in [0.25, 0.3) is 0 Å². The first-order chi connectivity index (χ1) is 17.0. The Bertz CT molecular complexity index is 1230. The molecule has 35 heavy (non-hydrogen) atoms. The van der Waals surface area contributed by atoms with E-state index in [0.717, 1.165) is 49.5 Å². The molecule has 182 valence electrons. The molecule has 1 N–H and O–H groups in total. The Hall–Kier alpha value is -2.48. The van der Waals surface area contributed by atoms with E-state index in [1.165, 1.54) is 4.90 Å². The van der Waals surface area contributed by atoms with Crippen molar-refractivity contribution in [3.8, 4) is 16.9 Å². The standard InChI is InChI=1S/C26H24Cl3N3O3/c27-21-5-2-1-4-18(21)19-14-17(35-13-10-31-8-11-34-12-9-31)15-24-20(19)16-30-26(33)32(24)25-22(28)6-3-7-23(25)29/h1-7,14-15H,8-13,16H2,(H,30,33). The Morgan fingerprint density at radius 1 is 0.914 bits per heavy atom. The average molecular weight is 533 g/mol. The number of carbonyl (C=O) groups is 1. The van der Waals surface area contributed by atoms with Crippen molar-refractivity contribution in [1.82, 2.24) is 10.2 Å².